The van der Waals surface area contributed by atoms with Crippen molar-refractivity contribution < 1.29 is 13.9 Å². The summed E-state index contributed by atoms with van der Waals surface area (Å²) in [5.41, 5.74) is 0.732. The fourth-order valence-electron chi connectivity index (χ4n) is 4.08. The Morgan fingerprint density at radius 1 is 1.26 bits per heavy atom. The van der Waals surface area contributed by atoms with E-state index in [1.54, 1.807) is 26.8 Å². The number of halogens is 2. The lowest BCUT2D eigenvalue weighted by Crippen LogP contribution is -2.49. The summed E-state index contributed by atoms with van der Waals surface area (Å²) < 4.78 is 20.5. The van der Waals surface area contributed by atoms with Gasteiger partial charge < -0.3 is 15.0 Å². The molecular formula is C25H28ClFN4O3. The second-order valence-corrected chi connectivity index (χ2v) is 9.95. The maximum absolute atomic E-state index is 13.8. The van der Waals surface area contributed by atoms with E-state index in [9.17, 15) is 14.0 Å². The van der Waals surface area contributed by atoms with Crippen LogP contribution in [-0.2, 0) is 16.1 Å². The predicted octanol–water partition coefficient (Wildman–Crippen LogP) is 4.00. The number of aromatic nitrogens is 2. The summed E-state index contributed by atoms with van der Waals surface area (Å²) in [5.74, 6) is -0.937. The van der Waals surface area contributed by atoms with Gasteiger partial charge in [-0.2, -0.15) is 0 Å². The van der Waals surface area contributed by atoms with E-state index < -0.39 is 17.4 Å². The van der Waals surface area contributed by atoms with Crippen LogP contribution in [0.1, 0.15) is 27.7 Å². The minimum absolute atomic E-state index is 0.0983. The van der Waals surface area contributed by atoms with Gasteiger partial charge in [-0.3, -0.25) is 14.2 Å². The Kier molecular flexibility index (Phi) is 6.64. The first-order valence-corrected chi connectivity index (χ1v) is 11.6. The number of piperazine rings is 1. The highest BCUT2D eigenvalue weighted by molar-refractivity contribution is 6.31. The molecule has 1 atom stereocenters. The normalized spacial score (nSPS) is 16.6. The molecule has 9 heteroatoms. The molecule has 3 aromatic rings. The Morgan fingerprint density at radius 2 is 2.03 bits per heavy atom. The van der Waals surface area contributed by atoms with Crippen LogP contribution in [0, 0.1) is 5.82 Å². The lowest BCUT2D eigenvalue weighted by molar-refractivity contribution is -0.155. The van der Waals surface area contributed by atoms with Gasteiger partial charge >= 0.3 is 5.97 Å². The van der Waals surface area contributed by atoms with E-state index >= 15 is 0 Å². The number of carbonyl (C=O) groups excluding carboxylic acids is 1. The number of ether oxygens (including phenoxy) is 1. The zero-order valence-corrected chi connectivity index (χ0v) is 20.4. The molecule has 4 rings (SSSR count). The molecule has 0 radical (unpaired) electrons. The third-order valence-corrected chi connectivity index (χ3v) is 5.85. The van der Waals surface area contributed by atoms with Gasteiger partial charge in [0, 0.05) is 36.9 Å². The van der Waals surface area contributed by atoms with Crippen LogP contribution in [-0.4, -0.2) is 46.8 Å². The summed E-state index contributed by atoms with van der Waals surface area (Å²) in [4.78, 5) is 33.2. The van der Waals surface area contributed by atoms with Crippen molar-refractivity contribution in [3.8, 4) is 11.4 Å². The largest absolute Gasteiger partial charge is 0.459 e. The minimum Gasteiger partial charge on any atom is -0.459 e. The molecule has 180 valence electrons. The van der Waals surface area contributed by atoms with Gasteiger partial charge in [0.25, 0.3) is 5.56 Å². The molecule has 2 heterocycles. The third kappa shape index (κ3) is 5.23. The molecule has 1 fully saturated rings. The molecule has 34 heavy (non-hydrogen) atoms. The Labute approximate surface area is 202 Å². The fourth-order valence-corrected chi connectivity index (χ4v) is 4.26. The first kappa shape index (κ1) is 24.2. The molecule has 0 aliphatic carbocycles. The van der Waals surface area contributed by atoms with Gasteiger partial charge in [0.15, 0.2) is 0 Å². The van der Waals surface area contributed by atoms with Crippen LogP contribution in [0.15, 0.2) is 41.2 Å². The summed E-state index contributed by atoms with van der Waals surface area (Å²) in [5, 5.41) is 3.70. The Hall–Kier alpha value is -2.97. The molecule has 1 aliphatic heterocycles. The van der Waals surface area contributed by atoms with E-state index in [-0.39, 0.29) is 23.0 Å². The van der Waals surface area contributed by atoms with Gasteiger partial charge in [0.2, 0.25) is 0 Å². The zero-order chi connectivity index (χ0) is 24.6. The van der Waals surface area contributed by atoms with E-state index in [2.05, 4.69) is 22.1 Å². The minimum atomic E-state index is -0.712. The second-order valence-electron chi connectivity index (χ2n) is 9.54. The van der Waals surface area contributed by atoms with Crippen molar-refractivity contribution in [2.24, 2.45) is 0 Å². The molecule has 7 nitrogen and oxygen atoms in total. The number of anilines is 1. The van der Waals surface area contributed by atoms with E-state index in [1.807, 2.05) is 12.1 Å². The molecule has 0 spiro atoms. The highest BCUT2D eigenvalue weighted by Gasteiger charge is 2.22. The van der Waals surface area contributed by atoms with Crippen molar-refractivity contribution in [3.05, 3.63) is 57.6 Å². The second kappa shape index (κ2) is 9.35. The highest BCUT2D eigenvalue weighted by Crippen LogP contribution is 2.26. The Bertz CT molecular complexity index is 1300. The lowest BCUT2D eigenvalue weighted by atomic mass is 10.1. The number of nitrogens with one attached hydrogen (secondary N) is 1. The first-order valence-electron chi connectivity index (χ1n) is 11.2. The van der Waals surface area contributed by atoms with Crippen molar-refractivity contribution in [2.75, 3.05) is 24.5 Å². The number of hydrogen-bond donors (Lipinski definition) is 1. The summed E-state index contributed by atoms with van der Waals surface area (Å²) in [6, 6.07) is 9.97. The number of benzene rings is 2. The maximum atomic E-state index is 13.8. The van der Waals surface area contributed by atoms with E-state index in [0.717, 1.165) is 25.3 Å². The maximum Gasteiger partial charge on any atom is 0.326 e. The fraction of sp³-hybridized carbons (Fsp3) is 0.400. The van der Waals surface area contributed by atoms with Gasteiger partial charge in [0.1, 0.15) is 23.8 Å². The molecule has 0 unspecified atom stereocenters. The monoisotopic (exact) mass is 486 g/mol. The van der Waals surface area contributed by atoms with Crippen molar-refractivity contribution in [1.29, 1.82) is 0 Å². The van der Waals surface area contributed by atoms with Gasteiger partial charge in [-0.15, -0.1) is 0 Å². The van der Waals surface area contributed by atoms with E-state index in [4.69, 9.17) is 16.3 Å². The predicted molar refractivity (Wildman–Crippen MR) is 132 cm³/mol. The van der Waals surface area contributed by atoms with Crippen LogP contribution < -0.4 is 15.8 Å². The van der Waals surface area contributed by atoms with Gasteiger partial charge in [-0.1, -0.05) is 11.6 Å². The third-order valence-electron chi connectivity index (χ3n) is 5.56. The average molecular weight is 487 g/mol. The molecule has 1 aromatic heterocycles. The molecule has 1 N–H and O–H groups in total. The molecule has 1 aliphatic rings. The lowest BCUT2D eigenvalue weighted by Gasteiger charge is -2.33. The Morgan fingerprint density at radius 3 is 2.71 bits per heavy atom. The molecule has 2 aromatic carbocycles. The summed E-state index contributed by atoms with van der Waals surface area (Å²) in [7, 11) is 0. The molecular weight excluding hydrogens is 459 g/mol. The van der Waals surface area contributed by atoms with Crippen LogP contribution in [0.3, 0.4) is 0 Å². The van der Waals surface area contributed by atoms with Crippen LogP contribution in [0.2, 0.25) is 5.02 Å². The molecule has 0 bridgehead atoms. The molecule has 0 amide bonds. The smallest absolute Gasteiger partial charge is 0.326 e. The molecule has 1 saturated heterocycles. The Balaban J connectivity index is 1.85. The van der Waals surface area contributed by atoms with Crippen molar-refractivity contribution in [1.82, 2.24) is 14.9 Å². The molecule has 0 saturated carbocycles. The van der Waals surface area contributed by atoms with Gasteiger partial charge in [-0.25, -0.2) is 9.37 Å². The number of hydrogen-bond acceptors (Lipinski definition) is 6. The average Bonchev–Trinajstić information content (AvgIpc) is 2.76. The standard InChI is InChI=1S/C25H28ClFN4O3/c1-15-13-30(10-9-28-15)17-6-8-21-18(12-17)24(33)31(14-22(32)34-25(2,3)4)23(29-21)16-5-7-20(27)19(26)11-16/h5-8,11-12,15,28H,9-10,13-14H2,1-4H3/t15-/m1/s1. The number of rotatable bonds is 4. The van der Waals surface area contributed by atoms with E-state index in [1.165, 1.54) is 22.8 Å². The van der Waals surface area contributed by atoms with Gasteiger partial charge in [-0.05, 0) is 64.1 Å². The topological polar surface area (TPSA) is 76.5 Å². The number of fused-ring (bicyclic) bond motifs is 1. The van der Waals surface area contributed by atoms with Gasteiger partial charge in [0.05, 0.1) is 15.9 Å². The van der Waals surface area contributed by atoms with Crippen LogP contribution in [0.25, 0.3) is 22.3 Å². The van der Waals surface area contributed by atoms with Crippen LogP contribution in [0.4, 0.5) is 10.1 Å². The number of esters is 1. The van der Waals surface area contributed by atoms with Crippen LogP contribution in [0.5, 0.6) is 0 Å². The number of nitrogens with zero attached hydrogens (tertiary/aromatic N) is 3. The summed E-state index contributed by atoms with van der Waals surface area (Å²) >= 11 is 5.99. The summed E-state index contributed by atoms with van der Waals surface area (Å²) in [6.45, 7) is 9.54. The summed E-state index contributed by atoms with van der Waals surface area (Å²) in [6.07, 6.45) is 0. The van der Waals surface area contributed by atoms with E-state index in [0.29, 0.717) is 22.5 Å². The SMILES string of the molecule is C[C@@H]1CN(c2ccc3nc(-c4ccc(F)c(Cl)c4)n(CC(=O)OC(C)(C)C)c(=O)c3c2)CCN1. The van der Waals surface area contributed by atoms with Crippen LogP contribution >= 0.6 is 11.6 Å². The quantitative estimate of drug-likeness (QED) is 0.562. The number of carbonyl (C=O) groups is 1. The first-order chi connectivity index (χ1) is 16.0. The zero-order valence-electron chi connectivity index (χ0n) is 19.7. The highest BCUT2D eigenvalue weighted by atomic mass is 35.5. The van der Waals surface area contributed by atoms with Crippen molar-refractivity contribution in [2.45, 2.75) is 45.9 Å². The van der Waals surface area contributed by atoms with Crippen molar-refractivity contribution >= 4 is 34.2 Å². The van der Waals surface area contributed by atoms with Crippen molar-refractivity contribution in [3.63, 3.8) is 0 Å².